The predicted octanol–water partition coefficient (Wildman–Crippen LogP) is 2.35. The fourth-order valence-electron chi connectivity index (χ4n) is 1.80. The van der Waals surface area contributed by atoms with Crippen LogP contribution >= 0.6 is 0 Å². The summed E-state index contributed by atoms with van der Waals surface area (Å²) in [5, 5.41) is 5.49. The van der Waals surface area contributed by atoms with Gasteiger partial charge in [0, 0.05) is 12.2 Å². The van der Waals surface area contributed by atoms with Gasteiger partial charge in [-0.25, -0.2) is 4.79 Å². The van der Waals surface area contributed by atoms with E-state index in [1.54, 1.807) is 0 Å². The molecular weight excluding hydrogens is 266 g/mol. The minimum absolute atomic E-state index is 0.263. The van der Waals surface area contributed by atoms with Crippen LogP contribution in [0.2, 0.25) is 0 Å². The Bertz CT molecular complexity index is 573. The second kappa shape index (κ2) is 7.91. The number of amides is 2. The molecule has 0 aromatic heterocycles. The van der Waals surface area contributed by atoms with E-state index in [0.717, 1.165) is 17.0 Å². The van der Waals surface area contributed by atoms with Crippen LogP contribution in [-0.4, -0.2) is 19.2 Å². The number of ether oxygens (including phenoxy) is 1. The van der Waals surface area contributed by atoms with Crippen molar-refractivity contribution >= 4 is 11.7 Å². The zero-order chi connectivity index (χ0) is 14.9. The summed E-state index contributed by atoms with van der Waals surface area (Å²) in [7, 11) is 0. The fourth-order valence-corrected chi connectivity index (χ4v) is 1.80. The van der Waals surface area contributed by atoms with Crippen LogP contribution in [0.25, 0.3) is 0 Å². The molecule has 0 aliphatic heterocycles. The maximum Gasteiger partial charge on any atom is 0.319 e. The van der Waals surface area contributed by atoms with Crippen LogP contribution in [0.1, 0.15) is 5.56 Å². The van der Waals surface area contributed by atoms with E-state index < -0.39 is 0 Å². The summed E-state index contributed by atoms with van der Waals surface area (Å²) in [6.07, 6.45) is 0. The van der Waals surface area contributed by atoms with Gasteiger partial charge in [0.15, 0.2) is 0 Å². The molecule has 110 valence electrons. The highest BCUT2D eigenvalue weighted by Crippen LogP contribution is 2.10. The third-order valence-electron chi connectivity index (χ3n) is 2.82. The molecule has 0 unspecified atom stereocenters. The molecule has 2 rings (SSSR count). The summed E-state index contributed by atoms with van der Waals surface area (Å²) < 4.78 is 5.48. The van der Waals surface area contributed by atoms with Gasteiger partial charge in [0.25, 0.3) is 0 Å². The van der Waals surface area contributed by atoms with Crippen molar-refractivity contribution in [3.8, 4) is 5.75 Å². The molecule has 2 amide bonds. The second-order valence-electron chi connectivity index (χ2n) is 4.45. The number of benzene rings is 2. The van der Waals surface area contributed by atoms with E-state index in [2.05, 4.69) is 10.6 Å². The van der Waals surface area contributed by atoms with E-state index in [4.69, 9.17) is 10.5 Å². The van der Waals surface area contributed by atoms with Gasteiger partial charge in [-0.15, -0.1) is 0 Å². The topological polar surface area (TPSA) is 76.4 Å². The number of rotatable bonds is 6. The molecule has 4 N–H and O–H groups in total. The molecule has 21 heavy (non-hydrogen) atoms. The SMILES string of the molecule is NCc1cccc(NC(=O)NCCOc2ccccc2)c1. The van der Waals surface area contributed by atoms with E-state index in [-0.39, 0.29) is 6.03 Å². The number of carbonyl (C=O) groups is 1. The largest absolute Gasteiger partial charge is 0.492 e. The third kappa shape index (κ3) is 5.16. The maximum absolute atomic E-state index is 11.7. The van der Waals surface area contributed by atoms with Gasteiger partial charge >= 0.3 is 6.03 Å². The minimum atomic E-state index is -0.263. The highest BCUT2D eigenvalue weighted by atomic mass is 16.5. The van der Waals surface area contributed by atoms with Gasteiger partial charge in [-0.3, -0.25) is 0 Å². The average Bonchev–Trinajstić information content (AvgIpc) is 2.53. The number of nitrogens with one attached hydrogen (secondary N) is 2. The lowest BCUT2D eigenvalue weighted by Crippen LogP contribution is -2.32. The zero-order valence-corrected chi connectivity index (χ0v) is 11.7. The monoisotopic (exact) mass is 285 g/mol. The summed E-state index contributed by atoms with van der Waals surface area (Å²) in [6.45, 7) is 1.29. The molecule has 0 heterocycles. The Kier molecular flexibility index (Phi) is 5.60. The predicted molar refractivity (Wildman–Crippen MR) is 83.3 cm³/mol. The van der Waals surface area contributed by atoms with Gasteiger partial charge in [0.2, 0.25) is 0 Å². The smallest absolute Gasteiger partial charge is 0.319 e. The Balaban J connectivity index is 1.70. The first kappa shape index (κ1) is 14.9. The number of para-hydroxylation sites is 1. The van der Waals surface area contributed by atoms with Gasteiger partial charge in [-0.1, -0.05) is 30.3 Å². The lowest BCUT2D eigenvalue weighted by atomic mass is 10.2. The highest BCUT2D eigenvalue weighted by Gasteiger charge is 2.01. The van der Waals surface area contributed by atoms with Crippen molar-refractivity contribution in [2.75, 3.05) is 18.5 Å². The highest BCUT2D eigenvalue weighted by molar-refractivity contribution is 5.89. The zero-order valence-electron chi connectivity index (χ0n) is 11.7. The minimum Gasteiger partial charge on any atom is -0.492 e. The molecule has 2 aromatic rings. The lowest BCUT2D eigenvalue weighted by Gasteiger charge is -2.09. The van der Waals surface area contributed by atoms with Gasteiger partial charge in [0.1, 0.15) is 12.4 Å². The number of urea groups is 1. The number of anilines is 1. The molecule has 0 aliphatic carbocycles. The molecule has 0 radical (unpaired) electrons. The average molecular weight is 285 g/mol. The Labute approximate surface area is 124 Å². The Morgan fingerprint density at radius 2 is 1.90 bits per heavy atom. The van der Waals surface area contributed by atoms with Crippen LogP contribution in [0.4, 0.5) is 10.5 Å². The van der Waals surface area contributed by atoms with Gasteiger partial charge < -0.3 is 21.1 Å². The van der Waals surface area contributed by atoms with Crippen molar-refractivity contribution in [2.45, 2.75) is 6.54 Å². The molecule has 0 aliphatic rings. The summed E-state index contributed by atoms with van der Waals surface area (Å²) in [5.74, 6) is 0.787. The first-order valence-corrected chi connectivity index (χ1v) is 6.79. The van der Waals surface area contributed by atoms with Crippen molar-refractivity contribution in [3.05, 3.63) is 60.2 Å². The first-order chi connectivity index (χ1) is 10.3. The van der Waals surface area contributed by atoms with Crippen molar-refractivity contribution in [1.82, 2.24) is 5.32 Å². The second-order valence-corrected chi connectivity index (χ2v) is 4.45. The standard InChI is InChI=1S/C16H19N3O2/c17-12-13-5-4-6-14(11-13)19-16(20)18-9-10-21-15-7-2-1-3-8-15/h1-8,11H,9-10,12,17H2,(H2,18,19,20). The molecule has 0 saturated carbocycles. The Morgan fingerprint density at radius 3 is 2.67 bits per heavy atom. The van der Waals surface area contributed by atoms with E-state index in [9.17, 15) is 4.79 Å². The molecule has 5 heteroatoms. The van der Waals surface area contributed by atoms with Crippen molar-refractivity contribution in [3.63, 3.8) is 0 Å². The number of hydrogen-bond donors (Lipinski definition) is 3. The van der Waals surface area contributed by atoms with Crippen LogP contribution in [0.15, 0.2) is 54.6 Å². The van der Waals surface area contributed by atoms with Crippen molar-refractivity contribution in [1.29, 1.82) is 0 Å². The summed E-state index contributed by atoms with van der Waals surface area (Å²) in [4.78, 5) is 11.7. The first-order valence-electron chi connectivity index (χ1n) is 6.79. The van der Waals surface area contributed by atoms with Crippen LogP contribution in [0, 0.1) is 0 Å². The van der Waals surface area contributed by atoms with Crippen molar-refractivity contribution < 1.29 is 9.53 Å². The van der Waals surface area contributed by atoms with E-state index in [0.29, 0.717) is 19.7 Å². The molecular formula is C16H19N3O2. The summed E-state index contributed by atoms with van der Waals surface area (Å²) >= 11 is 0. The molecule has 0 saturated heterocycles. The summed E-state index contributed by atoms with van der Waals surface area (Å²) in [6, 6.07) is 16.7. The molecule has 5 nitrogen and oxygen atoms in total. The van der Waals surface area contributed by atoms with Gasteiger partial charge in [-0.2, -0.15) is 0 Å². The van der Waals surface area contributed by atoms with Crippen LogP contribution in [0.3, 0.4) is 0 Å². The molecule has 0 spiro atoms. The number of carbonyl (C=O) groups excluding carboxylic acids is 1. The maximum atomic E-state index is 11.7. The molecule has 0 atom stereocenters. The third-order valence-corrected chi connectivity index (χ3v) is 2.82. The van der Waals surface area contributed by atoms with Crippen molar-refractivity contribution in [2.24, 2.45) is 5.73 Å². The molecule has 0 fully saturated rings. The quantitative estimate of drug-likeness (QED) is 0.713. The van der Waals surface area contributed by atoms with Crippen LogP contribution in [0.5, 0.6) is 5.75 Å². The molecule has 0 bridgehead atoms. The van der Waals surface area contributed by atoms with E-state index >= 15 is 0 Å². The molecule has 2 aromatic carbocycles. The van der Waals surface area contributed by atoms with E-state index in [1.807, 2.05) is 54.6 Å². The fraction of sp³-hybridized carbons (Fsp3) is 0.188. The lowest BCUT2D eigenvalue weighted by molar-refractivity contribution is 0.247. The number of hydrogen-bond acceptors (Lipinski definition) is 3. The Hall–Kier alpha value is -2.53. The Morgan fingerprint density at radius 1 is 1.10 bits per heavy atom. The summed E-state index contributed by atoms with van der Waals surface area (Å²) in [5.41, 5.74) is 7.25. The van der Waals surface area contributed by atoms with E-state index in [1.165, 1.54) is 0 Å². The van der Waals surface area contributed by atoms with Crippen LogP contribution in [-0.2, 0) is 6.54 Å². The normalized spacial score (nSPS) is 9.95. The van der Waals surface area contributed by atoms with Gasteiger partial charge in [0.05, 0.1) is 6.54 Å². The van der Waals surface area contributed by atoms with Crippen LogP contribution < -0.4 is 21.1 Å². The van der Waals surface area contributed by atoms with Gasteiger partial charge in [-0.05, 0) is 29.8 Å². The number of nitrogens with two attached hydrogens (primary N) is 1.